The molecule has 0 aromatic heterocycles. The molecule has 1 heterocycles. The SMILES string of the molecule is CC(CN1C(C)CCCC1C)OC(=O)c1ccccc1Cl.[Cl-]. The molecule has 1 fully saturated rings. The number of nitrogens with zero attached hydrogens (tertiary/aromatic N) is 1. The van der Waals surface area contributed by atoms with Gasteiger partial charge in [-0.05, 0) is 45.7 Å². The number of rotatable bonds is 4. The average molecular weight is 345 g/mol. The van der Waals surface area contributed by atoms with Gasteiger partial charge in [-0.3, -0.25) is 4.90 Å². The third-order valence-corrected chi connectivity index (χ3v) is 4.58. The minimum absolute atomic E-state index is 0. The molecule has 3 unspecified atom stereocenters. The van der Waals surface area contributed by atoms with E-state index in [0.717, 1.165) is 6.54 Å². The Kier molecular flexibility index (Phi) is 7.67. The first kappa shape index (κ1) is 19.3. The molecule has 0 aliphatic carbocycles. The molecule has 2 rings (SSSR count). The van der Waals surface area contributed by atoms with Crippen molar-refractivity contribution in [2.45, 2.75) is 58.2 Å². The predicted molar refractivity (Wildman–Crippen MR) is 85.8 cm³/mol. The number of halogens is 2. The van der Waals surface area contributed by atoms with Gasteiger partial charge in [0.1, 0.15) is 6.10 Å². The van der Waals surface area contributed by atoms with Crippen molar-refractivity contribution in [3.05, 3.63) is 34.9 Å². The second-order valence-electron chi connectivity index (χ2n) is 6.02. The van der Waals surface area contributed by atoms with Gasteiger partial charge in [-0.15, -0.1) is 0 Å². The summed E-state index contributed by atoms with van der Waals surface area (Å²) in [4.78, 5) is 14.6. The van der Waals surface area contributed by atoms with Gasteiger partial charge in [0.25, 0.3) is 0 Å². The average Bonchev–Trinajstić information content (AvgIpc) is 2.43. The maximum absolute atomic E-state index is 12.2. The lowest BCUT2D eigenvalue weighted by Gasteiger charge is -2.40. The van der Waals surface area contributed by atoms with Crippen LogP contribution in [-0.4, -0.2) is 35.6 Å². The van der Waals surface area contributed by atoms with Gasteiger partial charge in [-0.1, -0.05) is 30.2 Å². The Morgan fingerprint density at radius 2 is 1.91 bits per heavy atom. The van der Waals surface area contributed by atoms with Crippen LogP contribution in [0, 0.1) is 0 Å². The molecular weight excluding hydrogens is 321 g/mol. The van der Waals surface area contributed by atoms with Crippen LogP contribution >= 0.6 is 11.6 Å². The highest BCUT2D eigenvalue weighted by Gasteiger charge is 2.27. The highest BCUT2D eigenvalue weighted by molar-refractivity contribution is 6.33. The molecular formula is C17H24Cl2NO2-. The van der Waals surface area contributed by atoms with E-state index in [9.17, 15) is 4.79 Å². The van der Waals surface area contributed by atoms with Crippen LogP contribution in [0.5, 0.6) is 0 Å². The normalized spacial score (nSPS) is 23.5. The minimum Gasteiger partial charge on any atom is -1.00 e. The summed E-state index contributed by atoms with van der Waals surface area (Å²) in [6, 6.07) is 8.10. The van der Waals surface area contributed by atoms with Crippen LogP contribution in [0.25, 0.3) is 0 Å². The third-order valence-electron chi connectivity index (χ3n) is 4.25. The monoisotopic (exact) mass is 344 g/mol. The van der Waals surface area contributed by atoms with E-state index in [0.29, 0.717) is 22.7 Å². The van der Waals surface area contributed by atoms with Gasteiger partial charge in [-0.2, -0.15) is 0 Å². The van der Waals surface area contributed by atoms with Gasteiger partial charge in [0, 0.05) is 18.6 Å². The molecule has 0 saturated carbocycles. The first-order valence-corrected chi connectivity index (χ1v) is 8.08. The molecule has 0 radical (unpaired) electrons. The zero-order valence-electron chi connectivity index (χ0n) is 13.4. The molecule has 1 saturated heterocycles. The van der Waals surface area contributed by atoms with E-state index in [1.807, 2.05) is 6.92 Å². The summed E-state index contributed by atoms with van der Waals surface area (Å²) in [5.74, 6) is -0.342. The Balaban J connectivity index is 0.00000242. The number of likely N-dealkylation sites (tertiary alicyclic amines) is 1. The van der Waals surface area contributed by atoms with Crippen molar-refractivity contribution in [3.8, 4) is 0 Å². The Hall–Kier alpha value is -0.770. The number of esters is 1. The predicted octanol–water partition coefficient (Wildman–Crippen LogP) is 1.15. The maximum Gasteiger partial charge on any atom is 0.339 e. The molecule has 1 aromatic carbocycles. The lowest BCUT2D eigenvalue weighted by atomic mass is 9.97. The fourth-order valence-electron chi connectivity index (χ4n) is 3.04. The summed E-state index contributed by atoms with van der Waals surface area (Å²) >= 11 is 6.03. The lowest BCUT2D eigenvalue weighted by molar-refractivity contribution is -0.0000737. The van der Waals surface area contributed by atoms with E-state index in [1.165, 1.54) is 19.3 Å². The highest BCUT2D eigenvalue weighted by atomic mass is 35.5. The quantitative estimate of drug-likeness (QED) is 0.767. The van der Waals surface area contributed by atoms with Crippen LogP contribution in [0.3, 0.4) is 0 Å². The fraction of sp³-hybridized carbons (Fsp3) is 0.588. The molecule has 3 nitrogen and oxygen atoms in total. The molecule has 1 aliphatic heterocycles. The van der Waals surface area contributed by atoms with Crippen molar-refractivity contribution in [1.29, 1.82) is 0 Å². The van der Waals surface area contributed by atoms with Crippen LogP contribution in [0.2, 0.25) is 5.02 Å². The van der Waals surface area contributed by atoms with Crippen LogP contribution in [0.15, 0.2) is 24.3 Å². The first-order valence-electron chi connectivity index (χ1n) is 7.70. The van der Waals surface area contributed by atoms with E-state index in [4.69, 9.17) is 16.3 Å². The lowest BCUT2D eigenvalue weighted by Crippen LogP contribution is -3.00. The van der Waals surface area contributed by atoms with Crippen molar-refractivity contribution in [2.75, 3.05) is 6.54 Å². The molecule has 1 aliphatic rings. The Morgan fingerprint density at radius 1 is 1.32 bits per heavy atom. The number of benzene rings is 1. The van der Waals surface area contributed by atoms with Gasteiger partial charge >= 0.3 is 5.97 Å². The molecule has 3 atom stereocenters. The molecule has 0 N–H and O–H groups in total. The van der Waals surface area contributed by atoms with E-state index >= 15 is 0 Å². The Morgan fingerprint density at radius 3 is 2.50 bits per heavy atom. The van der Waals surface area contributed by atoms with Gasteiger partial charge in [0.05, 0.1) is 10.6 Å². The van der Waals surface area contributed by atoms with Crippen molar-refractivity contribution >= 4 is 17.6 Å². The molecule has 1 aromatic rings. The molecule has 22 heavy (non-hydrogen) atoms. The summed E-state index contributed by atoms with van der Waals surface area (Å²) in [6.45, 7) is 7.22. The summed E-state index contributed by atoms with van der Waals surface area (Å²) in [5.41, 5.74) is 0.436. The minimum atomic E-state index is -0.342. The van der Waals surface area contributed by atoms with Crippen LogP contribution in [0.1, 0.15) is 50.4 Å². The second kappa shape index (κ2) is 8.76. The molecule has 124 valence electrons. The Bertz CT molecular complexity index is 485. The fourth-order valence-corrected chi connectivity index (χ4v) is 3.25. The topological polar surface area (TPSA) is 29.5 Å². The van der Waals surface area contributed by atoms with Gasteiger partial charge in [0.15, 0.2) is 0 Å². The first-order chi connectivity index (χ1) is 9.99. The van der Waals surface area contributed by atoms with E-state index < -0.39 is 0 Å². The number of carbonyl (C=O) groups is 1. The summed E-state index contributed by atoms with van der Waals surface area (Å²) in [6.07, 6.45) is 3.58. The second-order valence-corrected chi connectivity index (χ2v) is 6.43. The number of ether oxygens (including phenoxy) is 1. The van der Waals surface area contributed by atoms with Crippen molar-refractivity contribution in [1.82, 2.24) is 4.90 Å². The number of hydrogen-bond donors (Lipinski definition) is 0. The summed E-state index contributed by atoms with van der Waals surface area (Å²) in [5, 5.41) is 0.439. The molecule has 0 amide bonds. The largest absolute Gasteiger partial charge is 1.00 e. The zero-order valence-corrected chi connectivity index (χ0v) is 14.9. The smallest absolute Gasteiger partial charge is 0.339 e. The van der Waals surface area contributed by atoms with E-state index in [2.05, 4.69) is 18.7 Å². The number of carbonyl (C=O) groups excluding carboxylic acids is 1. The molecule has 5 heteroatoms. The van der Waals surface area contributed by atoms with Gasteiger partial charge in [0.2, 0.25) is 0 Å². The number of piperidine rings is 1. The Labute approximate surface area is 144 Å². The van der Waals surface area contributed by atoms with Crippen LogP contribution in [0.4, 0.5) is 0 Å². The van der Waals surface area contributed by atoms with Crippen molar-refractivity contribution < 1.29 is 21.9 Å². The zero-order chi connectivity index (χ0) is 15.4. The number of hydrogen-bond acceptors (Lipinski definition) is 3. The highest BCUT2D eigenvalue weighted by Crippen LogP contribution is 2.23. The summed E-state index contributed by atoms with van der Waals surface area (Å²) < 4.78 is 5.55. The van der Waals surface area contributed by atoms with Crippen LogP contribution < -0.4 is 12.4 Å². The van der Waals surface area contributed by atoms with E-state index in [-0.39, 0.29) is 24.5 Å². The van der Waals surface area contributed by atoms with Crippen molar-refractivity contribution in [2.24, 2.45) is 0 Å². The van der Waals surface area contributed by atoms with E-state index in [1.54, 1.807) is 24.3 Å². The summed E-state index contributed by atoms with van der Waals surface area (Å²) in [7, 11) is 0. The van der Waals surface area contributed by atoms with Gasteiger partial charge < -0.3 is 17.1 Å². The standard InChI is InChI=1S/C17H24ClNO2.ClH/c1-12-7-6-8-13(2)19(12)11-14(3)21-17(20)15-9-4-5-10-16(15)18;/h4-5,9-10,12-14H,6-8,11H2,1-3H3;1H/p-1. The van der Waals surface area contributed by atoms with Crippen molar-refractivity contribution in [3.63, 3.8) is 0 Å². The maximum atomic E-state index is 12.2. The molecule has 0 bridgehead atoms. The van der Waals surface area contributed by atoms with Crippen LogP contribution in [-0.2, 0) is 4.74 Å². The third kappa shape index (κ3) is 4.87. The van der Waals surface area contributed by atoms with Gasteiger partial charge in [-0.25, -0.2) is 4.79 Å². The molecule has 0 spiro atoms.